The number of anilines is 1. The second-order valence-corrected chi connectivity index (χ2v) is 13.5. The summed E-state index contributed by atoms with van der Waals surface area (Å²) < 4.78 is 1.48. The molecule has 4 heterocycles. The zero-order chi connectivity index (χ0) is 36.8. The van der Waals surface area contributed by atoms with Crippen LogP contribution in [0.4, 0.5) is 5.69 Å². The zero-order valence-corrected chi connectivity index (χ0v) is 29.6. The number of rotatable bonds is 14. The van der Waals surface area contributed by atoms with Crippen LogP contribution >= 0.6 is 0 Å². The third-order valence-corrected chi connectivity index (χ3v) is 9.35. The number of nitrogens with one attached hydrogen (secondary N) is 3. The van der Waals surface area contributed by atoms with Crippen molar-refractivity contribution in [2.75, 3.05) is 11.9 Å². The molecule has 0 aliphatic carbocycles. The molecule has 3 atom stereocenters. The Balaban J connectivity index is 1.16. The molecular weight excluding hydrogens is 658 g/mol. The van der Waals surface area contributed by atoms with Gasteiger partial charge in [0.05, 0.1) is 22.8 Å². The van der Waals surface area contributed by atoms with E-state index in [0.29, 0.717) is 50.3 Å². The summed E-state index contributed by atoms with van der Waals surface area (Å²) in [6, 6.07) is 19.5. The summed E-state index contributed by atoms with van der Waals surface area (Å²) in [5.74, 6) is -0.714. The van der Waals surface area contributed by atoms with Crippen LogP contribution in [0.15, 0.2) is 90.1 Å². The lowest BCUT2D eigenvalue weighted by molar-refractivity contribution is -0.129. The summed E-state index contributed by atoms with van der Waals surface area (Å²) in [7, 11) is 0. The Labute approximate surface area is 302 Å². The van der Waals surface area contributed by atoms with E-state index in [1.807, 2.05) is 91.7 Å². The van der Waals surface area contributed by atoms with Crippen molar-refractivity contribution >= 4 is 28.4 Å². The van der Waals surface area contributed by atoms with Gasteiger partial charge in [-0.2, -0.15) is 5.10 Å². The van der Waals surface area contributed by atoms with Gasteiger partial charge in [-0.25, -0.2) is 4.68 Å². The van der Waals surface area contributed by atoms with Gasteiger partial charge in [0, 0.05) is 61.4 Å². The second-order valence-electron chi connectivity index (χ2n) is 13.5. The highest BCUT2D eigenvalue weighted by molar-refractivity contribution is 5.94. The molecule has 6 N–H and O–H groups in total. The lowest BCUT2D eigenvalue weighted by Crippen LogP contribution is -2.51. The number of pyridine rings is 2. The van der Waals surface area contributed by atoms with Crippen LogP contribution < -0.4 is 27.2 Å². The molecule has 5 aromatic rings. The standard InChI is InChI=1S/C39H45N9O4/c1-24(2)35(40)37(50)44-25(3)36(49)43-16-4-5-19-48-38(51)32(30-8-6-10-33-31(30)9-7-17-42-33)20-34(46-48)26-11-13-29(14-12-26)45-39(52)47-22-27-15-18-41-21-28(27)23-47/h6-15,17-18,20-21,24-25,35,39,45,52H,4-5,16,19,22-23,40H2,1-3H3,(H,43,49)(H,44,50)/t25-,35-,39?/m0/s1. The number of carbonyl (C=O) groups excluding carboxylic acids is 2. The molecule has 0 spiro atoms. The van der Waals surface area contributed by atoms with Crippen molar-refractivity contribution in [2.24, 2.45) is 11.7 Å². The minimum absolute atomic E-state index is 0.0450. The molecule has 2 amide bonds. The van der Waals surface area contributed by atoms with Crippen LogP contribution in [-0.2, 0) is 29.2 Å². The average Bonchev–Trinajstić information content (AvgIpc) is 3.60. The Morgan fingerprint density at radius 2 is 1.71 bits per heavy atom. The van der Waals surface area contributed by atoms with Crippen LogP contribution in [0.1, 0.15) is 44.7 Å². The number of nitrogens with zero attached hydrogens (tertiary/aromatic N) is 5. The lowest BCUT2D eigenvalue weighted by Gasteiger charge is -2.24. The summed E-state index contributed by atoms with van der Waals surface area (Å²) in [4.78, 5) is 49.4. The molecule has 0 fully saturated rings. The van der Waals surface area contributed by atoms with Gasteiger partial charge in [0.2, 0.25) is 11.8 Å². The maximum absolute atomic E-state index is 14.0. The van der Waals surface area contributed by atoms with Gasteiger partial charge < -0.3 is 26.8 Å². The molecule has 0 saturated heterocycles. The molecule has 0 saturated carbocycles. The quantitative estimate of drug-likeness (QED) is 0.0847. The first-order chi connectivity index (χ1) is 25.1. The number of aliphatic hydroxyl groups is 1. The molecule has 13 nitrogen and oxygen atoms in total. The summed E-state index contributed by atoms with van der Waals surface area (Å²) in [5, 5.41) is 25.2. The topological polar surface area (TPSA) is 180 Å². The largest absolute Gasteiger partial charge is 0.361 e. The first-order valence-electron chi connectivity index (χ1n) is 17.6. The molecule has 0 radical (unpaired) electrons. The number of aromatic nitrogens is 4. The molecular formula is C39H45N9O4. The highest BCUT2D eigenvalue weighted by Gasteiger charge is 2.25. The normalized spacial score (nSPS) is 14.5. The van der Waals surface area contributed by atoms with Gasteiger partial charge in [-0.3, -0.25) is 29.3 Å². The van der Waals surface area contributed by atoms with E-state index < -0.39 is 18.4 Å². The van der Waals surface area contributed by atoms with Gasteiger partial charge in [0.1, 0.15) is 6.04 Å². The Kier molecular flexibility index (Phi) is 11.3. The van der Waals surface area contributed by atoms with E-state index in [4.69, 9.17) is 10.8 Å². The van der Waals surface area contributed by atoms with Gasteiger partial charge in [0.25, 0.3) is 5.56 Å². The van der Waals surface area contributed by atoms with Crippen LogP contribution in [0.25, 0.3) is 33.3 Å². The third-order valence-electron chi connectivity index (χ3n) is 9.35. The molecule has 1 unspecified atom stereocenters. The van der Waals surface area contributed by atoms with Gasteiger partial charge in [-0.1, -0.05) is 44.2 Å². The first-order valence-corrected chi connectivity index (χ1v) is 17.6. The van der Waals surface area contributed by atoms with Gasteiger partial charge in [-0.15, -0.1) is 0 Å². The summed E-state index contributed by atoms with van der Waals surface area (Å²) in [5.41, 5.74) is 12.1. The predicted molar refractivity (Wildman–Crippen MR) is 200 cm³/mol. The van der Waals surface area contributed by atoms with Gasteiger partial charge >= 0.3 is 0 Å². The highest BCUT2D eigenvalue weighted by atomic mass is 16.3. The number of unbranched alkanes of at least 4 members (excludes halogenated alkanes) is 1. The van der Waals surface area contributed by atoms with E-state index in [1.165, 1.54) is 4.68 Å². The number of fused-ring (bicyclic) bond motifs is 2. The maximum atomic E-state index is 14.0. The Hall–Kier alpha value is -5.50. The number of carbonyl (C=O) groups is 2. The molecule has 3 aromatic heterocycles. The smallest absolute Gasteiger partial charge is 0.274 e. The molecule has 1 aliphatic heterocycles. The zero-order valence-electron chi connectivity index (χ0n) is 29.6. The van der Waals surface area contributed by atoms with E-state index in [-0.39, 0.29) is 23.3 Å². The lowest BCUT2D eigenvalue weighted by atomic mass is 10.00. The second kappa shape index (κ2) is 16.2. The average molecular weight is 704 g/mol. The van der Waals surface area contributed by atoms with E-state index in [2.05, 4.69) is 25.9 Å². The monoisotopic (exact) mass is 703 g/mol. The number of hydrogen-bond donors (Lipinski definition) is 5. The molecule has 6 rings (SSSR count). The van der Waals surface area contributed by atoms with E-state index in [1.54, 1.807) is 19.3 Å². The van der Waals surface area contributed by atoms with Crippen LogP contribution in [0.5, 0.6) is 0 Å². The van der Waals surface area contributed by atoms with Crippen LogP contribution in [0, 0.1) is 5.92 Å². The Morgan fingerprint density at radius 3 is 2.48 bits per heavy atom. The first kappa shape index (κ1) is 36.3. The SMILES string of the molecule is CC(C)[C@H](N)C(=O)N[C@@H](C)C(=O)NCCCCn1nc(-c2ccc(NC(O)N3Cc4ccncc4C3)cc2)cc(-c2cccc3ncccc23)c1=O. The molecule has 270 valence electrons. The fraction of sp³-hybridized carbons (Fsp3) is 0.333. The van der Waals surface area contributed by atoms with Crippen molar-refractivity contribution in [3.05, 3.63) is 107 Å². The number of hydrogen-bond acceptors (Lipinski definition) is 10. The minimum atomic E-state index is -0.889. The third kappa shape index (κ3) is 8.34. The van der Waals surface area contributed by atoms with Crippen LogP contribution in [0.3, 0.4) is 0 Å². The van der Waals surface area contributed by atoms with E-state index in [0.717, 1.165) is 38.8 Å². The highest BCUT2D eigenvalue weighted by Crippen LogP contribution is 2.29. The predicted octanol–water partition coefficient (Wildman–Crippen LogP) is 3.61. The maximum Gasteiger partial charge on any atom is 0.274 e. The fourth-order valence-electron chi connectivity index (χ4n) is 6.19. The van der Waals surface area contributed by atoms with Crippen LogP contribution in [-0.4, -0.2) is 66.5 Å². The number of amides is 2. The van der Waals surface area contributed by atoms with Crippen LogP contribution in [0.2, 0.25) is 0 Å². The summed E-state index contributed by atoms with van der Waals surface area (Å²) in [6.07, 6.45) is 5.59. The molecule has 13 heteroatoms. The Morgan fingerprint density at radius 1 is 0.923 bits per heavy atom. The Bertz CT molecular complexity index is 2070. The van der Waals surface area contributed by atoms with Crippen molar-refractivity contribution < 1.29 is 14.7 Å². The van der Waals surface area contributed by atoms with E-state index >= 15 is 0 Å². The van der Waals surface area contributed by atoms with Crippen molar-refractivity contribution in [1.82, 2.24) is 35.3 Å². The molecule has 1 aliphatic rings. The number of aliphatic hydroxyl groups excluding tert-OH is 1. The van der Waals surface area contributed by atoms with Crippen molar-refractivity contribution in [3.63, 3.8) is 0 Å². The van der Waals surface area contributed by atoms with Gasteiger partial charge in [0.15, 0.2) is 6.35 Å². The van der Waals surface area contributed by atoms with Crippen molar-refractivity contribution in [1.29, 1.82) is 0 Å². The fourth-order valence-corrected chi connectivity index (χ4v) is 6.19. The summed E-state index contributed by atoms with van der Waals surface area (Å²) >= 11 is 0. The number of benzene rings is 2. The molecule has 0 bridgehead atoms. The molecule has 52 heavy (non-hydrogen) atoms. The van der Waals surface area contributed by atoms with Crippen molar-refractivity contribution in [2.45, 2.75) is 71.7 Å². The molecule has 2 aromatic carbocycles. The number of nitrogens with two attached hydrogens (primary N) is 1. The van der Waals surface area contributed by atoms with Crippen molar-refractivity contribution in [3.8, 4) is 22.4 Å². The number of aryl methyl sites for hydroxylation is 1. The van der Waals surface area contributed by atoms with E-state index in [9.17, 15) is 19.5 Å². The minimum Gasteiger partial charge on any atom is -0.361 e. The van der Waals surface area contributed by atoms with Gasteiger partial charge in [-0.05, 0) is 78.8 Å². The summed E-state index contributed by atoms with van der Waals surface area (Å²) in [6.45, 7) is 7.24.